The minimum atomic E-state index is 0.562. The number of hydrogen-bond acceptors (Lipinski definition) is 3. The molecule has 0 saturated carbocycles. The van der Waals surface area contributed by atoms with Gasteiger partial charge in [0.05, 0.1) is 5.03 Å². The number of thioether (sulfide) groups is 1. The summed E-state index contributed by atoms with van der Waals surface area (Å²) in [7, 11) is 0. The van der Waals surface area contributed by atoms with Crippen LogP contribution in [0.15, 0.2) is 46.2 Å². The molecule has 2 aromatic rings. The highest BCUT2D eigenvalue weighted by atomic mass is 79.9. The molecule has 0 amide bonds. The van der Waals surface area contributed by atoms with Crippen molar-refractivity contribution in [2.24, 2.45) is 0 Å². The van der Waals surface area contributed by atoms with Gasteiger partial charge in [0.25, 0.3) is 0 Å². The van der Waals surface area contributed by atoms with Gasteiger partial charge < -0.3 is 0 Å². The van der Waals surface area contributed by atoms with Crippen LogP contribution in [0, 0.1) is 0 Å². The molecule has 0 radical (unpaired) electrons. The largest absolute Gasteiger partial charge is 0.249 e. The molecule has 0 aliphatic carbocycles. The topological polar surface area (TPSA) is 25.8 Å². The monoisotopic (exact) mass is 314 g/mol. The lowest BCUT2D eigenvalue weighted by molar-refractivity contribution is 1.12. The van der Waals surface area contributed by atoms with Crippen molar-refractivity contribution in [3.63, 3.8) is 0 Å². The number of hydrogen-bond donors (Lipinski definition) is 0. The number of rotatable bonds is 3. The molecule has 2 heterocycles. The molecule has 2 aromatic heterocycles. The van der Waals surface area contributed by atoms with Crippen molar-refractivity contribution in [3.8, 4) is 0 Å². The number of pyridine rings is 2. The van der Waals surface area contributed by atoms with E-state index in [0.29, 0.717) is 5.15 Å². The predicted octanol–water partition coefficient (Wildman–Crippen LogP) is 4.18. The summed E-state index contributed by atoms with van der Waals surface area (Å²) >= 11 is 11.0. The van der Waals surface area contributed by atoms with Gasteiger partial charge >= 0.3 is 0 Å². The fraction of sp³-hybridized carbons (Fsp3) is 0.0909. The quantitative estimate of drug-likeness (QED) is 0.627. The molecular weight excluding hydrogens is 308 g/mol. The Kier molecular flexibility index (Phi) is 4.21. The van der Waals surface area contributed by atoms with Gasteiger partial charge in [-0.15, -0.1) is 11.8 Å². The highest BCUT2D eigenvalue weighted by molar-refractivity contribution is 9.10. The number of nitrogens with zero attached hydrogens (tertiary/aromatic N) is 2. The first-order valence-electron chi connectivity index (χ1n) is 4.59. The summed E-state index contributed by atoms with van der Waals surface area (Å²) in [5.41, 5.74) is 1.03. The summed E-state index contributed by atoms with van der Waals surface area (Å²) in [5, 5.41) is 1.54. The Balaban J connectivity index is 2.02. The van der Waals surface area contributed by atoms with Crippen molar-refractivity contribution in [1.82, 2.24) is 9.97 Å². The van der Waals surface area contributed by atoms with Crippen LogP contribution in [0.3, 0.4) is 0 Å². The van der Waals surface area contributed by atoms with Crippen LogP contribution in [0.25, 0.3) is 0 Å². The molecule has 0 aromatic carbocycles. The number of aromatic nitrogens is 2. The highest BCUT2D eigenvalue weighted by Crippen LogP contribution is 2.24. The summed E-state index contributed by atoms with van der Waals surface area (Å²) in [6, 6.07) is 7.80. The summed E-state index contributed by atoms with van der Waals surface area (Å²) in [4.78, 5) is 8.31. The Morgan fingerprint density at radius 3 is 2.81 bits per heavy atom. The fourth-order valence-corrected chi connectivity index (χ4v) is 2.45. The van der Waals surface area contributed by atoms with Crippen molar-refractivity contribution in [2.45, 2.75) is 10.8 Å². The third-order valence-corrected chi connectivity index (χ3v) is 3.71. The summed E-state index contributed by atoms with van der Waals surface area (Å²) in [6.07, 6.45) is 3.47. The summed E-state index contributed by atoms with van der Waals surface area (Å²) in [6.45, 7) is 0. The Labute approximate surface area is 112 Å². The Hall–Kier alpha value is -0.580. The van der Waals surface area contributed by atoms with Gasteiger partial charge in [0, 0.05) is 22.6 Å². The lowest BCUT2D eigenvalue weighted by Gasteiger charge is -2.02. The first-order valence-corrected chi connectivity index (χ1v) is 6.75. The Morgan fingerprint density at radius 1 is 1.25 bits per heavy atom. The summed E-state index contributed by atoms with van der Waals surface area (Å²) in [5.74, 6) is 0.779. The number of halogens is 2. The molecule has 0 fully saturated rings. The van der Waals surface area contributed by atoms with Crippen molar-refractivity contribution < 1.29 is 0 Å². The maximum Gasteiger partial charge on any atom is 0.133 e. The second-order valence-corrected chi connectivity index (χ2v) is 5.33. The molecule has 0 saturated heterocycles. The van der Waals surface area contributed by atoms with Crippen molar-refractivity contribution in [2.75, 3.05) is 0 Å². The Morgan fingerprint density at radius 2 is 2.12 bits per heavy atom. The first kappa shape index (κ1) is 11.9. The zero-order valence-electron chi connectivity index (χ0n) is 8.23. The maximum atomic E-state index is 5.96. The third kappa shape index (κ3) is 3.20. The lowest BCUT2D eigenvalue weighted by Crippen LogP contribution is -1.86. The van der Waals surface area contributed by atoms with Crippen LogP contribution in [0.2, 0.25) is 5.15 Å². The SMILES string of the molecule is Clc1ncccc1CSc1ccc(Br)cn1. The van der Waals surface area contributed by atoms with Crippen LogP contribution < -0.4 is 0 Å². The van der Waals surface area contributed by atoms with Crippen molar-refractivity contribution in [1.29, 1.82) is 0 Å². The van der Waals surface area contributed by atoms with Crippen LogP contribution in [0.4, 0.5) is 0 Å². The first-order chi connectivity index (χ1) is 7.75. The molecule has 16 heavy (non-hydrogen) atoms. The minimum Gasteiger partial charge on any atom is -0.249 e. The Bertz CT molecular complexity index is 476. The van der Waals surface area contributed by atoms with Gasteiger partial charge in [0.2, 0.25) is 0 Å². The van der Waals surface area contributed by atoms with E-state index in [4.69, 9.17) is 11.6 Å². The lowest BCUT2D eigenvalue weighted by atomic mass is 10.3. The molecule has 2 rings (SSSR count). The molecule has 0 spiro atoms. The van der Waals surface area contributed by atoms with Gasteiger partial charge in [-0.3, -0.25) is 0 Å². The molecular formula is C11H8BrClN2S. The average molecular weight is 316 g/mol. The molecule has 0 unspecified atom stereocenters. The van der Waals surface area contributed by atoms with E-state index in [1.54, 1.807) is 24.2 Å². The molecule has 0 aliphatic rings. The van der Waals surface area contributed by atoms with E-state index in [1.807, 2.05) is 24.3 Å². The molecule has 5 heteroatoms. The van der Waals surface area contributed by atoms with Gasteiger partial charge in [0.1, 0.15) is 5.15 Å². The molecule has 2 nitrogen and oxygen atoms in total. The van der Waals surface area contributed by atoms with Crippen LogP contribution in [0.5, 0.6) is 0 Å². The zero-order valence-corrected chi connectivity index (χ0v) is 11.4. The van der Waals surface area contributed by atoms with Crippen LogP contribution in [-0.4, -0.2) is 9.97 Å². The fourth-order valence-electron chi connectivity index (χ4n) is 1.13. The van der Waals surface area contributed by atoms with Crippen molar-refractivity contribution >= 4 is 39.3 Å². The second kappa shape index (κ2) is 5.66. The van der Waals surface area contributed by atoms with Gasteiger partial charge in [-0.1, -0.05) is 17.7 Å². The van der Waals surface area contributed by atoms with Crippen LogP contribution in [0.1, 0.15) is 5.56 Å². The van der Waals surface area contributed by atoms with E-state index in [1.165, 1.54) is 0 Å². The zero-order chi connectivity index (χ0) is 11.4. The van der Waals surface area contributed by atoms with Gasteiger partial charge in [-0.05, 0) is 39.7 Å². The van der Waals surface area contributed by atoms with Gasteiger partial charge in [0.15, 0.2) is 0 Å². The smallest absolute Gasteiger partial charge is 0.133 e. The third-order valence-electron chi connectivity index (χ3n) is 1.91. The van der Waals surface area contributed by atoms with Gasteiger partial charge in [-0.25, -0.2) is 9.97 Å². The van der Waals surface area contributed by atoms with E-state index in [9.17, 15) is 0 Å². The van der Waals surface area contributed by atoms with E-state index in [0.717, 1.165) is 20.8 Å². The summed E-state index contributed by atoms with van der Waals surface area (Å²) < 4.78 is 0.983. The molecule has 0 aliphatic heterocycles. The molecule has 0 bridgehead atoms. The predicted molar refractivity (Wildman–Crippen MR) is 70.7 cm³/mol. The van der Waals surface area contributed by atoms with Crippen molar-refractivity contribution in [3.05, 3.63) is 51.8 Å². The minimum absolute atomic E-state index is 0.562. The van der Waals surface area contributed by atoms with E-state index >= 15 is 0 Å². The molecule has 0 N–H and O–H groups in total. The molecule has 82 valence electrons. The molecule has 0 atom stereocenters. The maximum absolute atomic E-state index is 5.96. The van der Waals surface area contributed by atoms with E-state index in [-0.39, 0.29) is 0 Å². The van der Waals surface area contributed by atoms with E-state index in [2.05, 4.69) is 25.9 Å². The second-order valence-electron chi connectivity index (χ2n) is 3.06. The van der Waals surface area contributed by atoms with E-state index < -0.39 is 0 Å². The highest BCUT2D eigenvalue weighted by Gasteiger charge is 2.02. The van der Waals surface area contributed by atoms with Crippen LogP contribution >= 0.6 is 39.3 Å². The average Bonchev–Trinajstić information content (AvgIpc) is 2.30. The van der Waals surface area contributed by atoms with Crippen LogP contribution in [-0.2, 0) is 5.75 Å². The van der Waals surface area contributed by atoms with Gasteiger partial charge in [-0.2, -0.15) is 0 Å². The normalized spacial score (nSPS) is 10.4. The standard InChI is InChI=1S/C11H8BrClN2S/c12-9-3-4-10(15-6-9)16-7-8-2-1-5-14-11(8)13/h1-6H,7H2.